The van der Waals surface area contributed by atoms with Gasteiger partial charge in [0.1, 0.15) is 6.07 Å². The van der Waals surface area contributed by atoms with Crippen LogP contribution in [0.4, 0.5) is 5.69 Å². The molecule has 0 aromatic heterocycles. The van der Waals surface area contributed by atoms with Crippen LogP contribution in [0.2, 0.25) is 5.02 Å². The fourth-order valence-electron chi connectivity index (χ4n) is 1.40. The Morgan fingerprint density at radius 2 is 2.25 bits per heavy atom. The first kappa shape index (κ1) is 16.3. The van der Waals surface area contributed by atoms with Crippen molar-refractivity contribution < 1.29 is 14.7 Å². The molecule has 1 aromatic rings. The van der Waals surface area contributed by atoms with E-state index in [0.717, 1.165) is 0 Å². The Hall–Kier alpha value is -1.71. The van der Waals surface area contributed by atoms with Gasteiger partial charge in [-0.25, -0.2) is 0 Å². The molecule has 0 fully saturated rings. The van der Waals surface area contributed by atoms with Crippen LogP contribution in [0.1, 0.15) is 18.9 Å². The highest BCUT2D eigenvalue weighted by Gasteiger charge is 2.11. The van der Waals surface area contributed by atoms with E-state index in [4.69, 9.17) is 22.0 Å². The lowest BCUT2D eigenvalue weighted by Gasteiger charge is -2.09. The summed E-state index contributed by atoms with van der Waals surface area (Å²) in [7, 11) is 0. The van der Waals surface area contributed by atoms with Gasteiger partial charge in [0.15, 0.2) is 0 Å². The molecule has 0 radical (unpaired) electrons. The molecule has 1 amide bonds. The number of carboxylic acid groups (broad SMARTS) is 1. The quantitative estimate of drug-likeness (QED) is 0.843. The molecule has 1 aromatic carbocycles. The maximum Gasteiger partial charge on any atom is 0.304 e. The lowest BCUT2D eigenvalue weighted by Crippen LogP contribution is -2.16. The monoisotopic (exact) mass is 312 g/mol. The number of hydrogen-bond acceptors (Lipinski definition) is 4. The van der Waals surface area contributed by atoms with Crippen LogP contribution in [0, 0.1) is 11.3 Å². The highest BCUT2D eigenvalue weighted by Crippen LogP contribution is 2.21. The van der Waals surface area contributed by atoms with E-state index in [0.29, 0.717) is 11.3 Å². The first-order valence-electron chi connectivity index (χ1n) is 5.75. The maximum absolute atomic E-state index is 11.7. The molecule has 0 saturated heterocycles. The number of carbonyl (C=O) groups is 2. The van der Waals surface area contributed by atoms with Crippen molar-refractivity contribution in [3.8, 4) is 6.07 Å². The predicted octanol–water partition coefficient (Wildman–Crippen LogP) is 2.75. The summed E-state index contributed by atoms with van der Waals surface area (Å²) in [5.74, 6) is -0.969. The summed E-state index contributed by atoms with van der Waals surface area (Å²) in [6.07, 6.45) is 0.0145. The Balaban J connectivity index is 2.49. The summed E-state index contributed by atoms with van der Waals surface area (Å²) in [4.78, 5) is 22.2. The summed E-state index contributed by atoms with van der Waals surface area (Å²) in [5, 5.41) is 20.1. The third kappa shape index (κ3) is 5.51. The molecule has 2 N–H and O–H groups in total. The number of benzene rings is 1. The molecule has 0 heterocycles. The predicted molar refractivity (Wildman–Crippen MR) is 79.0 cm³/mol. The second-order valence-electron chi connectivity index (χ2n) is 4.07. The van der Waals surface area contributed by atoms with Crippen molar-refractivity contribution in [1.29, 1.82) is 5.26 Å². The van der Waals surface area contributed by atoms with Gasteiger partial charge >= 0.3 is 5.97 Å². The third-order valence-corrected chi connectivity index (χ3v) is 3.81. The Labute approximate surface area is 125 Å². The van der Waals surface area contributed by atoms with E-state index in [9.17, 15) is 9.59 Å². The number of nitriles is 1. The largest absolute Gasteiger partial charge is 0.481 e. The Bertz CT molecular complexity index is 557. The molecule has 5 nitrogen and oxygen atoms in total. The topological polar surface area (TPSA) is 90.2 Å². The van der Waals surface area contributed by atoms with Crippen LogP contribution >= 0.6 is 23.4 Å². The van der Waals surface area contributed by atoms with Gasteiger partial charge in [-0.15, -0.1) is 11.8 Å². The minimum atomic E-state index is -0.885. The van der Waals surface area contributed by atoms with E-state index in [1.807, 2.05) is 6.07 Å². The first-order chi connectivity index (χ1) is 9.42. The molecule has 7 heteroatoms. The van der Waals surface area contributed by atoms with Crippen LogP contribution < -0.4 is 5.32 Å². The van der Waals surface area contributed by atoms with Crippen molar-refractivity contribution in [2.24, 2.45) is 0 Å². The number of anilines is 1. The highest BCUT2D eigenvalue weighted by atomic mass is 35.5. The van der Waals surface area contributed by atoms with Crippen molar-refractivity contribution in [1.82, 2.24) is 0 Å². The Kier molecular flexibility index (Phi) is 6.36. The van der Waals surface area contributed by atoms with E-state index in [1.165, 1.54) is 23.9 Å². The van der Waals surface area contributed by atoms with Crippen LogP contribution in [0.25, 0.3) is 0 Å². The van der Waals surface area contributed by atoms with Crippen LogP contribution in [-0.2, 0) is 9.59 Å². The van der Waals surface area contributed by atoms with Gasteiger partial charge in [0.05, 0.1) is 22.8 Å². The van der Waals surface area contributed by atoms with Gasteiger partial charge in [0.2, 0.25) is 5.91 Å². The van der Waals surface area contributed by atoms with E-state index < -0.39 is 5.97 Å². The number of thioether (sulfide) groups is 1. The van der Waals surface area contributed by atoms with Gasteiger partial charge in [-0.1, -0.05) is 18.5 Å². The molecule has 20 heavy (non-hydrogen) atoms. The Morgan fingerprint density at radius 1 is 1.55 bits per heavy atom. The van der Waals surface area contributed by atoms with Gasteiger partial charge in [-0.05, 0) is 18.2 Å². The fourth-order valence-corrected chi connectivity index (χ4v) is 2.39. The summed E-state index contributed by atoms with van der Waals surface area (Å²) in [6, 6.07) is 6.55. The van der Waals surface area contributed by atoms with Crippen LogP contribution in [0.5, 0.6) is 0 Å². The Morgan fingerprint density at radius 3 is 2.80 bits per heavy atom. The van der Waals surface area contributed by atoms with Crippen molar-refractivity contribution in [3.05, 3.63) is 28.8 Å². The molecule has 0 aliphatic carbocycles. The summed E-state index contributed by atoms with van der Waals surface area (Å²) >= 11 is 7.12. The highest BCUT2D eigenvalue weighted by molar-refractivity contribution is 8.00. The van der Waals surface area contributed by atoms with Crippen molar-refractivity contribution >= 4 is 40.9 Å². The van der Waals surface area contributed by atoms with Gasteiger partial charge < -0.3 is 10.4 Å². The molecule has 106 valence electrons. The summed E-state index contributed by atoms with van der Waals surface area (Å²) < 4.78 is 0. The second kappa shape index (κ2) is 7.78. The van der Waals surface area contributed by atoms with E-state index in [2.05, 4.69) is 5.32 Å². The van der Waals surface area contributed by atoms with Crippen molar-refractivity contribution in [2.75, 3.05) is 11.1 Å². The molecule has 0 spiro atoms. The number of aliphatic carboxylic acids is 1. The average molecular weight is 313 g/mol. The molecule has 1 atom stereocenters. The van der Waals surface area contributed by atoms with E-state index in [-0.39, 0.29) is 28.4 Å². The van der Waals surface area contributed by atoms with Gasteiger partial charge in [-0.2, -0.15) is 5.26 Å². The molecule has 0 saturated carbocycles. The number of rotatable bonds is 6. The van der Waals surface area contributed by atoms with E-state index >= 15 is 0 Å². The number of hydrogen-bond donors (Lipinski definition) is 2. The average Bonchev–Trinajstić information content (AvgIpc) is 2.36. The number of nitrogens with one attached hydrogen (secondary N) is 1. The van der Waals surface area contributed by atoms with E-state index in [1.54, 1.807) is 13.0 Å². The normalized spacial score (nSPS) is 11.4. The molecule has 0 bridgehead atoms. The van der Waals surface area contributed by atoms with Crippen LogP contribution in [-0.4, -0.2) is 28.0 Å². The fraction of sp³-hybridized carbons (Fsp3) is 0.308. The van der Waals surface area contributed by atoms with Crippen molar-refractivity contribution in [2.45, 2.75) is 18.6 Å². The van der Waals surface area contributed by atoms with Crippen LogP contribution in [0.3, 0.4) is 0 Å². The zero-order valence-corrected chi connectivity index (χ0v) is 12.3. The third-order valence-electron chi connectivity index (χ3n) is 2.33. The SMILES string of the molecule is CC(CC(=O)O)SCC(=O)Nc1ccc(C#N)c(Cl)c1. The number of amides is 1. The molecule has 1 rings (SSSR count). The maximum atomic E-state index is 11.7. The standard InChI is InChI=1S/C13H13ClN2O3S/c1-8(4-13(18)19)20-7-12(17)16-10-3-2-9(6-15)11(14)5-10/h2-3,5,8H,4,7H2,1H3,(H,16,17)(H,18,19). The van der Waals surface area contributed by atoms with Crippen molar-refractivity contribution in [3.63, 3.8) is 0 Å². The smallest absolute Gasteiger partial charge is 0.304 e. The lowest BCUT2D eigenvalue weighted by atomic mass is 10.2. The minimum absolute atomic E-state index is 0.0145. The molecular formula is C13H13ClN2O3S. The summed E-state index contributed by atoms with van der Waals surface area (Å²) in [6.45, 7) is 1.75. The number of carboxylic acids is 1. The zero-order chi connectivity index (χ0) is 15.1. The molecule has 1 unspecified atom stereocenters. The summed E-state index contributed by atoms with van der Waals surface area (Å²) in [5.41, 5.74) is 0.847. The minimum Gasteiger partial charge on any atom is -0.481 e. The lowest BCUT2D eigenvalue weighted by molar-refractivity contribution is -0.136. The molecule has 0 aliphatic rings. The number of carbonyl (C=O) groups excluding carboxylic acids is 1. The first-order valence-corrected chi connectivity index (χ1v) is 7.18. The zero-order valence-electron chi connectivity index (χ0n) is 10.7. The van der Waals surface area contributed by atoms with Crippen LogP contribution in [0.15, 0.2) is 18.2 Å². The second-order valence-corrected chi connectivity index (χ2v) is 5.91. The number of halogens is 1. The molecular weight excluding hydrogens is 300 g/mol. The van der Waals surface area contributed by atoms with Gasteiger partial charge in [0, 0.05) is 10.9 Å². The van der Waals surface area contributed by atoms with Gasteiger partial charge in [0.25, 0.3) is 0 Å². The molecule has 0 aliphatic heterocycles. The number of nitrogens with zero attached hydrogens (tertiary/aromatic N) is 1. The van der Waals surface area contributed by atoms with Gasteiger partial charge in [-0.3, -0.25) is 9.59 Å².